The van der Waals surface area contributed by atoms with Crippen LogP contribution in [-0.4, -0.2) is 22.5 Å². The number of nitrogens with one attached hydrogen (secondary N) is 2. The van der Waals surface area contributed by atoms with Crippen molar-refractivity contribution >= 4 is 28.2 Å². The molecule has 0 spiro atoms. The molecular weight excluding hydrogens is 456 g/mol. The summed E-state index contributed by atoms with van der Waals surface area (Å²) in [5.41, 5.74) is 5.54. The predicted octanol–water partition coefficient (Wildman–Crippen LogP) is 6.62. The summed E-state index contributed by atoms with van der Waals surface area (Å²) in [5, 5.41) is 7.51. The van der Waals surface area contributed by atoms with Crippen LogP contribution in [0.1, 0.15) is 56.3 Å². The molecule has 0 saturated heterocycles. The minimum Gasteiger partial charge on any atom is -0.494 e. The van der Waals surface area contributed by atoms with E-state index >= 15 is 0 Å². The summed E-state index contributed by atoms with van der Waals surface area (Å²) in [6, 6.07) is 18.9. The smallest absolute Gasteiger partial charge is 0.256 e. The van der Waals surface area contributed by atoms with Crippen LogP contribution in [0.15, 0.2) is 60.7 Å². The van der Waals surface area contributed by atoms with E-state index in [2.05, 4.69) is 34.4 Å². The monoisotopic (exact) mass is 486 g/mol. The van der Waals surface area contributed by atoms with Crippen molar-refractivity contribution in [3.63, 3.8) is 0 Å². The number of anilines is 2. The van der Waals surface area contributed by atoms with Gasteiger partial charge in [-0.25, -0.2) is 9.97 Å². The molecule has 0 aliphatic heterocycles. The Bertz CT molecular complexity index is 1300. The highest BCUT2D eigenvalue weighted by molar-refractivity contribution is 7.16. The van der Waals surface area contributed by atoms with E-state index in [0.717, 1.165) is 43.7 Å². The van der Waals surface area contributed by atoms with Gasteiger partial charge in [-0.3, -0.25) is 4.79 Å². The van der Waals surface area contributed by atoms with E-state index < -0.39 is 0 Å². The fourth-order valence-electron chi connectivity index (χ4n) is 4.01. The maximum absolute atomic E-state index is 13.0. The zero-order valence-corrected chi connectivity index (χ0v) is 21.5. The van der Waals surface area contributed by atoms with Crippen molar-refractivity contribution in [3.8, 4) is 5.75 Å². The van der Waals surface area contributed by atoms with E-state index in [4.69, 9.17) is 4.74 Å². The molecule has 0 saturated carbocycles. The van der Waals surface area contributed by atoms with Crippen LogP contribution in [0, 0.1) is 27.7 Å². The molecule has 2 aromatic heterocycles. The summed E-state index contributed by atoms with van der Waals surface area (Å²) in [5.74, 6) is 1.22. The standard InChI is InChI=1S/C28H30N4O2S/c1-6-34-23-14-12-21(13-15-23)25(31-28-29-17(2)16-18(3)30-28)24-19(4)20(5)35-27(24)32-26(33)22-10-8-7-9-11-22/h7-16,25H,6H2,1-5H3,(H,32,33)(H,29,30,31)/t25-/m1/s1. The number of hydrogen-bond donors (Lipinski definition) is 2. The quantitative estimate of drug-likeness (QED) is 0.293. The Labute approximate surface area is 210 Å². The molecular formula is C28H30N4O2S. The number of ether oxygens (including phenoxy) is 1. The first-order valence-corrected chi connectivity index (χ1v) is 12.4. The molecule has 2 heterocycles. The first kappa shape index (κ1) is 24.4. The van der Waals surface area contributed by atoms with E-state index in [9.17, 15) is 4.79 Å². The summed E-state index contributed by atoms with van der Waals surface area (Å²) in [6.45, 7) is 10.6. The van der Waals surface area contributed by atoms with Gasteiger partial charge in [0.15, 0.2) is 0 Å². The number of aromatic nitrogens is 2. The van der Waals surface area contributed by atoms with Gasteiger partial charge in [0.05, 0.1) is 12.6 Å². The van der Waals surface area contributed by atoms with Gasteiger partial charge in [-0.2, -0.15) is 0 Å². The van der Waals surface area contributed by atoms with Crippen molar-refractivity contribution in [3.05, 3.63) is 99.2 Å². The Kier molecular flexibility index (Phi) is 7.46. The van der Waals surface area contributed by atoms with Crippen LogP contribution in [0.4, 0.5) is 10.9 Å². The molecule has 2 N–H and O–H groups in total. The molecule has 1 amide bonds. The van der Waals surface area contributed by atoms with Crippen LogP contribution >= 0.6 is 11.3 Å². The van der Waals surface area contributed by atoms with Crippen LogP contribution in [0.5, 0.6) is 5.75 Å². The minimum atomic E-state index is -0.275. The van der Waals surface area contributed by atoms with Gasteiger partial charge >= 0.3 is 0 Å². The molecule has 4 rings (SSSR count). The third kappa shape index (κ3) is 5.69. The molecule has 0 aliphatic rings. The summed E-state index contributed by atoms with van der Waals surface area (Å²) in [4.78, 5) is 23.4. The summed E-state index contributed by atoms with van der Waals surface area (Å²) in [7, 11) is 0. The van der Waals surface area contributed by atoms with Crippen molar-refractivity contribution in [1.82, 2.24) is 9.97 Å². The van der Waals surface area contributed by atoms with Gasteiger partial charge in [-0.15, -0.1) is 11.3 Å². The Balaban J connectivity index is 1.78. The van der Waals surface area contributed by atoms with Crippen LogP contribution in [0.3, 0.4) is 0 Å². The number of aryl methyl sites for hydroxylation is 3. The summed E-state index contributed by atoms with van der Waals surface area (Å²) in [6.07, 6.45) is 0. The van der Waals surface area contributed by atoms with Gasteiger partial charge in [0.25, 0.3) is 5.91 Å². The van der Waals surface area contributed by atoms with Gasteiger partial charge in [-0.1, -0.05) is 30.3 Å². The van der Waals surface area contributed by atoms with E-state index in [0.29, 0.717) is 18.1 Å². The molecule has 0 bridgehead atoms. The summed E-state index contributed by atoms with van der Waals surface area (Å²) >= 11 is 1.58. The molecule has 0 aliphatic carbocycles. The van der Waals surface area contributed by atoms with Crippen molar-refractivity contribution in [2.75, 3.05) is 17.2 Å². The highest BCUT2D eigenvalue weighted by Crippen LogP contribution is 2.41. The predicted molar refractivity (Wildman–Crippen MR) is 143 cm³/mol. The van der Waals surface area contributed by atoms with Gasteiger partial charge in [0.1, 0.15) is 10.8 Å². The largest absolute Gasteiger partial charge is 0.494 e. The Morgan fingerprint density at radius 1 is 0.971 bits per heavy atom. The number of rotatable bonds is 8. The number of thiophene rings is 1. The topological polar surface area (TPSA) is 76.1 Å². The number of carbonyl (C=O) groups excluding carboxylic acids is 1. The second-order valence-corrected chi connectivity index (χ2v) is 9.62. The molecule has 1 atom stereocenters. The molecule has 7 heteroatoms. The maximum Gasteiger partial charge on any atom is 0.256 e. The normalized spacial score (nSPS) is 11.7. The van der Waals surface area contributed by atoms with Gasteiger partial charge in [-0.05, 0) is 76.1 Å². The fourth-order valence-corrected chi connectivity index (χ4v) is 5.11. The second-order valence-electron chi connectivity index (χ2n) is 8.40. The van der Waals surface area contributed by atoms with E-state index in [1.54, 1.807) is 11.3 Å². The zero-order chi connectivity index (χ0) is 24.9. The van der Waals surface area contributed by atoms with Gasteiger partial charge < -0.3 is 15.4 Å². The molecule has 6 nitrogen and oxygen atoms in total. The molecule has 35 heavy (non-hydrogen) atoms. The van der Waals surface area contributed by atoms with E-state index in [1.165, 1.54) is 0 Å². The highest BCUT2D eigenvalue weighted by Gasteiger charge is 2.26. The summed E-state index contributed by atoms with van der Waals surface area (Å²) < 4.78 is 5.65. The number of benzene rings is 2. The lowest BCUT2D eigenvalue weighted by atomic mass is 9.96. The Hall–Kier alpha value is -3.71. The molecule has 4 aromatic rings. The first-order valence-electron chi connectivity index (χ1n) is 11.6. The minimum absolute atomic E-state index is 0.138. The Morgan fingerprint density at radius 3 is 2.26 bits per heavy atom. The lowest BCUT2D eigenvalue weighted by Gasteiger charge is -2.22. The van der Waals surface area contributed by atoms with Crippen LogP contribution < -0.4 is 15.4 Å². The van der Waals surface area contributed by atoms with Gasteiger partial charge in [0, 0.05) is 27.4 Å². The SMILES string of the molecule is CCOc1ccc([C@@H](Nc2nc(C)cc(C)n2)c2c(NC(=O)c3ccccc3)sc(C)c2C)cc1. The fraction of sp³-hybridized carbons (Fsp3) is 0.250. The molecule has 2 aromatic carbocycles. The van der Waals surface area contributed by atoms with Crippen molar-refractivity contribution in [1.29, 1.82) is 0 Å². The van der Waals surface area contributed by atoms with Crippen molar-refractivity contribution in [2.24, 2.45) is 0 Å². The molecule has 180 valence electrons. The first-order chi connectivity index (χ1) is 16.9. The third-order valence-electron chi connectivity index (χ3n) is 5.76. The maximum atomic E-state index is 13.0. The highest BCUT2D eigenvalue weighted by atomic mass is 32.1. The zero-order valence-electron chi connectivity index (χ0n) is 20.7. The number of nitrogens with zero attached hydrogens (tertiary/aromatic N) is 2. The average molecular weight is 487 g/mol. The number of amides is 1. The lowest BCUT2D eigenvalue weighted by molar-refractivity contribution is 0.102. The molecule has 0 radical (unpaired) electrons. The number of hydrogen-bond acceptors (Lipinski definition) is 6. The Morgan fingerprint density at radius 2 is 1.63 bits per heavy atom. The van der Waals surface area contributed by atoms with E-state index in [1.807, 2.05) is 81.4 Å². The number of carbonyl (C=O) groups is 1. The van der Waals surface area contributed by atoms with Crippen LogP contribution in [0.2, 0.25) is 0 Å². The van der Waals surface area contributed by atoms with Crippen molar-refractivity contribution in [2.45, 2.75) is 40.7 Å². The lowest BCUT2D eigenvalue weighted by Crippen LogP contribution is -2.19. The third-order valence-corrected chi connectivity index (χ3v) is 6.90. The van der Waals surface area contributed by atoms with Crippen LogP contribution in [0.25, 0.3) is 0 Å². The molecule has 0 fully saturated rings. The average Bonchev–Trinajstić information content (AvgIpc) is 3.11. The van der Waals surface area contributed by atoms with Crippen molar-refractivity contribution < 1.29 is 9.53 Å². The van der Waals surface area contributed by atoms with Gasteiger partial charge in [0.2, 0.25) is 5.95 Å². The van der Waals surface area contributed by atoms with Crippen LogP contribution in [-0.2, 0) is 0 Å². The van der Waals surface area contributed by atoms with E-state index in [-0.39, 0.29) is 11.9 Å². The molecule has 0 unspecified atom stereocenters. The second kappa shape index (κ2) is 10.7.